The fourth-order valence-corrected chi connectivity index (χ4v) is 6.75. The van der Waals surface area contributed by atoms with Crippen LogP contribution in [0.5, 0.6) is 0 Å². The van der Waals surface area contributed by atoms with Crippen LogP contribution in [0.2, 0.25) is 0 Å². The molecule has 0 spiro atoms. The Balaban J connectivity index is 1.26. The quantitative estimate of drug-likeness (QED) is 0.412. The highest BCUT2D eigenvalue weighted by atomic mass is 16.5. The highest BCUT2D eigenvalue weighted by molar-refractivity contribution is 5.34. The van der Waals surface area contributed by atoms with Crippen molar-refractivity contribution in [2.45, 2.75) is 110 Å². The number of fused-ring (bicyclic) bond motifs is 2. The average Bonchev–Trinajstić information content (AvgIpc) is 2.76. The van der Waals surface area contributed by atoms with E-state index in [4.69, 9.17) is 4.74 Å². The lowest BCUT2D eigenvalue weighted by Gasteiger charge is -2.45. The Morgan fingerprint density at radius 2 is 1.59 bits per heavy atom. The third-order valence-electron chi connectivity index (χ3n) is 8.45. The molecule has 0 heterocycles. The molecule has 5 unspecified atom stereocenters. The standard InChI is InChI=1S/C28H44O/c1-3-5-6-16-29-28-15-14-26-19-25(12-13-27(26)20-28)24-11-10-22-17-21(7-4-2)8-9-23(22)18-24/h8-9,17,24-28H,3-7,10-16,18-20H2,1-2H3. The Bertz CT molecular complexity index is 635. The summed E-state index contributed by atoms with van der Waals surface area (Å²) < 4.78 is 6.24. The van der Waals surface area contributed by atoms with E-state index in [0.717, 1.165) is 30.3 Å². The molecule has 0 aliphatic heterocycles. The van der Waals surface area contributed by atoms with Crippen molar-refractivity contribution in [1.29, 1.82) is 0 Å². The average molecular weight is 397 g/mol. The van der Waals surface area contributed by atoms with Gasteiger partial charge in [0.05, 0.1) is 6.10 Å². The maximum absolute atomic E-state index is 6.24. The zero-order chi connectivity index (χ0) is 20.1. The number of ether oxygens (including phenoxy) is 1. The first-order chi connectivity index (χ1) is 14.3. The topological polar surface area (TPSA) is 9.23 Å². The van der Waals surface area contributed by atoms with Crippen LogP contribution in [0.1, 0.15) is 101 Å². The molecule has 0 amide bonds. The molecule has 2 fully saturated rings. The minimum Gasteiger partial charge on any atom is -0.378 e. The van der Waals surface area contributed by atoms with Gasteiger partial charge >= 0.3 is 0 Å². The highest BCUT2D eigenvalue weighted by Crippen LogP contribution is 2.47. The Labute approximate surface area is 180 Å². The molecule has 0 saturated heterocycles. The third-order valence-corrected chi connectivity index (χ3v) is 8.45. The van der Waals surface area contributed by atoms with Crippen LogP contribution < -0.4 is 0 Å². The summed E-state index contributed by atoms with van der Waals surface area (Å²) in [6.45, 7) is 5.57. The summed E-state index contributed by atoms with van der Waals surface area (Å²) in [6, 6.07) is 7.40. The summed E-state index contributed by atoms with van der Waals surface area (Å²) in [6.07, 6.45) is 19.7. The lowest BCUT2D eigenvalue weighted by Crippen LogP contribution is -2.37. The van der Waals surface area contributed by atoms with Crippen LogP contribution in [-0.4, -0.2) is 12.7 Å². The van der Waals surface area contributed by atoms with Gasteiger partial charge in [-0.3, -0.25) is 0 Å². The van der Waals surface area contributed by atoms with E-state index < -0.39 is 0 Å². The van der Waals surface area contributed by atoms with Crippen LogP contribution >= 0.6 is 0 Å². The molecule has 4 rings (SSSR count). The fraction of sp³-hybridized carbons (Fsp3) is 0.786. The van der Waals surface area contributed by atoms with Crippen LogP contribution in [0.15, 0.2) is 18.2 Å². The molecular formula is C28H44O. The predicted octanol–water partition coefficient (Wildman–Crippen LogP) is 7.54. The largest absolute Gasteiger partial charge is 0.378 e. The van der Waals surface area contributed by atoms with Crippen LogP contribution in [0.25, 0.3) is 0 Å². The van der Waals surface area contributed by atoms with Gasteiger partial charge in [0, 0.05) is 6.61 Å². The van der Waals surface area contributed by atoms with Crippen LogP contribution in [0.4, 0.5) is 0 Å². The molecule has 1 aromatic rings. The highest BCUT2D eigenvalue weighted by Gasteiger charge is 2.38. The van der Waals surface area contributed by atoms with Crippen molar-refractivity contribution in [3.05, 3.63) is 34.9 Å². The molecule has 162 valence electrons. The van der Waals surface area contributed by atoms with Gasteiger partial charge in [-0.1, -0.05) is 51.3 Å². The summed E-state index contributed by atoms with van der Waals surface area (Å²) in [5.74, 6) is 3.89. The van der Waals surface area contributed by atoms with E-state index in [1.54, 1.807) is 16.7 Å². The van der Waals surface area contributed by atoms with E-state index in [1.807, 2.05) is 0 Å². The van der Waals surface area contributed by atoms with Gasteiger partial charge in [-0.2, -0.15) is 0 Å². The Hall–Kier alpha value is -0.820. The lowest BCUT2D eigenvalue weighted by atomic mass is 9.62. The van der Waals surface area contributed by atoms with Crippen molar-refractivity contribution in [1.82, 2.24) is 0 Å². The van der Waals surface area contributed by atoms with Crippen molar-refractivity contribution >= 4 is 0 Å². The van der Waals surface area contributed by atoms with Crippen LogP contribution in [0, 0.1) is 23.7 Å². The van der Waals surface area contributed by atoms with E-state index in [0.29, 0.717) is 6.10 Å². The second-order valence-electron chi connectivity index (χ2n) is 10.5. The Morgan fingerprint density at radius 1 is 0.793 bits per heavy atom. The molecule has 3 aliphatic carbocycles. The molecule has 29 heavy (non-hydrogen) atoms. The van der Waals surface area contributed by atoms with Crippen LogP contribution in [-0.2, 0) is 24.0 Å². The zero-order valence-electron chi connectivity index (χ0n) is 19.1. The van der Waals surface area contributed by atoms with Crippen molar-refractivity contribution < 1.29 is 4.74 Å². The van der Waals surface area contributed by atoms with Crippen molar-refractivity contribution in [3.63, 3.8) is 0 Å². The normalized spacial score (nSPS) is 31.9. The number of rotatable bonds is 8. The van der Waals surface area contributed by atoms with Gasteiger partial charge in [-0.15, -0.1) is 0 Å². The van der Waals surface area contributed by atoms with E-state index in [1.165, 1.54) is 89.9 Å². The maximum Gasteiger partial charge on any atom is 0.0578 e. The number of unbranched alkanes of at least 4 members (excludes halogenated alkanes) is 2. The maximum atomic E-state index is 6.24. The molecule has 1 nitrogen and oxygen atoms in total. The molecular weight excluding hydrogens is 352 g/mol. The van der Waals surface area contributed by atoms with Crippen molar-refractivity contribution in [3.8, 4) is 0 Å². The first-order valence-corrected chi connectivity index (χ1v) is 13.0. The first-order valence-electron chi connectivity index (χ1n) is 13.0. The van der Waals surface area contributed by atoms with Gasteiger partial charge in [-0.25, -0.2) is 0 Å². The van der Waals surface area contributed by atoms with Crippen molar-refractivity contribution in [2.75, 3.05) is 6.61 Å². The zero-order valence-corrected chi connectivity index (χ0v) is 19.1. The molecule has 2 saturated carbocycles. The van der Waals surface area contributed by atoms with E-state index in [2.05, 4.69) is 32.0 Å². The number of hydrogen-bond donors (Lipinski definition) is 0. The van der Waals surface area contributed by atoms with E-state index in [-0.39, 0.29) is 0 Å². The molecule has 0 radical (unpaired) electrons. The summed E-state index contributed by atoms with van der Waals surface area (Å²) in [5.41, 5.74) is 4.90. The molecule has 0 aromatic heterocycles. The Morgan fingerprint density at radius 3 is 2.41 bits per heavy atom. The van der Waals surface area contributed by atoms with Gasteiger partial charge in [0.1, 0.15) is 0 Å². The molecule has 3 aliphatic rings. The summed E-state index contributed by atoms with van der Waals surface area (Å²) in [4.78, 5) is 0. The summed E-state index contributed by atoms with van der Waals surface area (Å²) in [7, 11) is 0. The summed E-state index contributed by atoms with van der Waals surface area (Å²) >= 11 is 0. The smallest absolute Gasteiger partial charge is 0.0578 e. The van der Waals surface area contributed by atoms with Gasteiger partial charge < -0.3 is 4.74 Å². The molecule has 0 N–H and O–H groups in total. The monoisotopic (exact) mass is 396 g/mol. The molecule has 1 aromatic carbocycles. The number of aryl methyl sites for hydroxylation is 2. The fourth-order valence-electron chi connectivity index (χ4n) is 6.75. The Kier molecular flexibility index (Phi) is 7.73. The number of hydrogen-bond acceptors (Lipinski definition) is 1. The second-order valence-corrected chi connectivity index (χ2v) is 10.5. The summed E-state index contributed by atoms with van der Waals surface area (Å²) in [5, 5.41) is 0. The number of benzene rings is 1. The van der Waals surface area contributed by atoms with E-state index in [9.17, 15) is 0 Å². The lowest BCUT2D eigenvalue weighted by molar-refractivity contribution is -0.0249. The minimum absolute atomic E-state index is 0.573. The molecule has 1 heteroatoms. The van der Waals surface area contributed by atoms with Gasteiger partial charge in [0.2, 0.25) is 0 Å². The van der Waals surface area contributed by atoms with Gasteiger partial charge in [0.25, 0.3) is 0 Å². The molecule has 0 bridgehead atoms. The molecule has 5 atom stereocenters. The minimum atomic E-state index is 0.573. The van der Waals surface area contributed by atoms with E-state index >= 15 is 0 Å². The van der Waals surface area contributed by atoms with Gasteiger partial charge in [0.15, 0.2) is 0 Å². The second kappa shape index (κ2) is 10.5. The third kappa shape index (κ3) is 5.46. The van der Waals surface area contributed by atoms with Gasteiger partial charge in [-0.05, 0) is 111 Å². The first kappa shape index (κ1) is 21.4. The SMILES string of the molecule is CCCCCOC1CCC2CC(C3CCc4cc(CCC)ccc4C3)CCC2C1. The van der Waals surface area contributed by atoms with Crippen LogP contribution in [0.3, 0.4) is 0 Å². The van der Waals surface area contributed by atoms with Crippen molar-refractivity contribution in [2.24, 2.45) is 23.7 Å². The predicted molar refractivity (Wildman–Crippen MR) is 123 cm³/mol.